The summed E-state index contributed by atoms with van der Waals surface area (Å²) in [6.45, 7) is 1.72. The Morgan fingerprint density at radius 3 is 2.50 bits per heavy atom. The Morgan fingerprint density at radius 2 is 1.85 bits per heavy atom. The summed E-state index contributed by atoms with van der Waals surface area (Å²) in [6, 6.07) is 7.27. The Bertz CT molecular complexity index is 686. The molecule has 1 amide bonds. The summed E-state index contributed by atoms with van der Waals surface area (Å²) in [6.07, 6.45) is 0. The number of carbonyl (C=O) groups is 1. The third kappa shape index (κ3) is 2.98. The van der Waals surface area contributed by atoms with Crippen LogP contribution in [0.25, 0.3) is 0 Å². The first kappa shape index (κ1) is 14.5. The highest BCUT2D eigenvalue weighted by molar-refractivity contribution is 6.36. The standard InChI is InChI=1S/C14H11Cl2NO3/c1-7-2-3-8(4-12(7)18)14(20)17-11-6-9(15)5-10(16)13(11)19/h2-6,18-19H,1H3,(H,17,20). The lowest BCUT2D eigenvalue weighted by Gasteiger charge is -2.10. The van der Waals surface area contributed by atoms with Gasteiger partial charge in [-0.05, 0) is 36.8 Å². The Labute approximate surface area is 125 Å². The van der Waals surface area contributed by atoms with Crippen molar-refractivity contribution < 1.29 is 15.0 Å². The van der Waals surface area contributed by atoms with Crippen molar-refractivity contribution in [1.82, 2.24) is 0 Å². The zero-order chi connectivity index (χ0) is 14.9. The summed E-state index contributed by atoms with van der Waals surface area (Å²) in [5, 5.41) is 22.2. The Balaban J connectivity index is 2.30. The maximum Gasteiger partial charge on any atom is 0.255 e. The van der Waals surface area contributed by atoms with Crippen LogP contribution in [0.5, 0.6) is 11.5 Å². The number of amides is 1. The number of phenols is 2. The van der Waals surface area contributed by atoms with Gasteiger partial charge in [-0.1, -0.05) is 29.3 Å². The summed E-state index contributed by atoms with van der Waals surface area (Å²) in [5.74, 6) is -0.735. The van der Waals surface area contributed by atoms with Crippen LogP contribution in [0.2, 0.25) is 10.0 Å². The predicted octanol–water partition coefficient (Wildman–Crippen LogP) is 3.97. The van der Waals surface area contributed by atoms with Gasteiger partial charge in [0.15, 0.2) is 5.75 Å². The number of rotatable bonds is 2. The van der Waals surface area contributed by atoms with Crippen LogP contribution in [0.1, 0.15) is 15.9 Å². The molecule has 0 aliphatic carbocycles. The monoisotopic (exact) mass is 311 g/mol. The lowest BCUT2D eigenvalue weighted by molar-refractivity contribution is 0.102. The summed E-state index contributed by atoms with van der Waals surface area (Å²) in [4.78, 5) is 12.0. The van der Waals surface area contributed by atoms with Crippen molar-refractivity contribution in [2.75, 3.05) is 5.32 Å². The van der Waals surface area contributed by atoms with Gasteiger partial charge in [0.2, 0.25) is 0 Å². The molecule has 0 bridgehead atoms. The molecule has 0 radical (unpaired) electrons. The van der Waals surface area contributed by atoms with E-state index in [1.165, 1.54) is 18.2 Å². The van der Waals surface area contributed by atoms with E-state index in [1.807, 2.05) is 0 Å². The highest BCUT2D eigenvalue weighted by atomic mass is 35.5. The molecule has 4 nitrogen and oxygen atoms in total. The van der Waals surface area contributed by atoms with E-state index in [-0.39, 0.29) is 32.8 Å². The zero-order valence-electron chi connectivity index (χ0n) is 10.4. The van der Waals surface area contributed by atoms with Crippen molar-refractivity contribution in [3.63, 3.8) is 0 Å². The lowest BCUT2D eigenvalue weighted by Crippen LogP contribution is -2.12. The van der Waals surface area contributed by atoms with E-state index in [0.29, 0.717) is 5.56 Å². The molecular formula is C14H11Cl2NO3. The van der Waals surface area contributed by atoms with E-state index < -0.39 is 5.91 Å². The van der Waals surface area contributed by atoms with Crippen LogP contribution in [0, 0.1) is 6.92 Å². The molecule has 0 aromatic heterocycles. The maximum absolute atomic E-state index is 12.0. The van der Waals surface area contributed by atoms with Crippen molar-refractivity contribution in [2.24, 2.45) is 0 Å². The van der Waals surface area contributed by atoms with Crippen molar-refractivity contribution >= 4 is 34.8 Å². The first-order valence-electron chi connectivity index (χ1n) is 5.67. The van der Waals surface area contributed by atoms with E-state index in [4.69, 9.17) is 23.2 Å². The smallest absolute Gasteiger partial charge is 0.255 e. The molecule has 0 atom stereocenters. The minimum absolute atomic E-state index is 0.0194. The third-order valence-corrected chi connectivity index (χ3v) is 3.25. The van der Waals surface area contributed by atoms with Crippen LogP contribution in [-0.2, 0) is 0 Å². The second-order valence-corrected chi connectivity index (χ2v) is 5.08. The van der Waals surface area contributed by atoms with Gasteiger partial charge in [0, 0.05) is 10.6 Å². The highest BCUT2D eigenvalue weighted by Gasteiger charge is 2.13. The Morgan fingerprint density at radius 1 is 1.15 bits per heavy atom. The number of halogens is 2. The van der Waals surface area contributed by atoms with Crippen molar-refractivity contribution in [2.45, 2.75) is 6.92 Å². The predicted molar refractivity (Wildman–Crippen MR) is 78.9 cm³/mol. The van der Waals surface area contributed by atoms with Gasteiger partial charge in [-0.3, -0.25) is 4.79 Å². The fourth-order valence-corrected chi connectivity index (χ4v) is 2.10. The van der Waals surface area contributed by atoms with Crippen molar-refractivity contribution in [3.05, 3.63) is 51.5 Å². The van der Waals surface area contributed by atoms with Crippen LogP contribution in [0.4, 0.5) is 5.69 Å². The number of benzene rings is 2. The number of hydrogen-bond donors (Lipinski definition) is 3. The minimum atomic E-state index is -0.492. The van der Waals surface area contributed by atoms with Gasteiger partial charge in [0.05, 0.1) is 10.7 Å². The summed E-state index contributed by atoms with van der Waals surface area (Å²) in [5.41, 5.74) is 1.02. The molecular weight excluding hydrogens is 301 g/mol. The Hall–Kier alpha value is -1.91. The number of phenolic OH excluding ortho intramolecular Hbond substituents is 2. The van der Waals surface area contributed by atoms with E-state index >= 15 is 0 Å². The normalized spacial score (nSPS) is 10.3. The molecule has 0 unspecified atom stereocenters. The summed E-state index contributed by atoms with van der Waals surface area (Å²) in [7, 11) is 0. The summed E-state index contributed by atoms with van der Waals surface area (Å²) < 4.78 is 0. The molecule has 20 heavy (non-hydrogen) atoms. The molecule has 2 rings (SSSR count). The molecule has 0 heterocycles. The molecule has 0 aliphatic heterocycles. The first-order valence-corrected chi connectivity index (χ1v) is 6.43. The molecule has 0 saturated heterocycles. The van der Waals surface area contributed by atoms with E-state index in [1.54, 1.807) is 19.1 Å². The number of aromatic hydroxyl groups is 2. The van der Waals surface area contributed by atoms with E-state index in [0.717, 1.165) is 0 Å². The topological polar surface area (TPSA) is 69.6 Å². The van der Waals surface area contributed by atoms with E-state index in [2.05, 4.69) is 5.32 Å². The fourth-order valence-electron chi connectivity index (χ4n) is 1.61. The quantitative estimate of drug-likeness (QED) is 0.735. The number of anilines is 1. The molecule has 3 N–H and O–H groups in total. The number of aryl methyl sites for hydroxylation is 1. The average molecular weight is 312 g/mol. The second kappa shape index (κ2) is 5.61. The van der Waals surface area contributed by atoms with Crippen LogP contribution < -0.4 is 5.32 Å². The number of nitrogens with one attached hydrogen (secondary N) is 1. The number of carbonyl (C=O) groups excluding carboxylic acids is 1. The molecule has 6 heteroatoms. The fraction of sp³-hybridized carbons (Fsp3) is 0.0714. The van der Waals surface area contributed by atoms with Gasteiger partial charge in [-0.15, -0.1) is 0 Å². The lowest BCUT2D eigenvalue weighted by atomic mass is 10.1. The molecule has 2 aromatic rings. The van der Waals surface area contributed by atoms with Gasteiger partial charge < -0.3 is 15.5 Å². The zero-order valence-corrected chi connectivity index (χ0v) is 12.0. The van der Waals surface area contributed by atoms with Gasteiger partial charge in [0.1, 0.15) is 5.75 Å². The highest BCUT2D eigenvalue weighted by Crippen LogP contribution is 2.35. The third-order valence-electron chi connectivity index (χ3n) is 2.75. The summed E-state index contributed by atoms with van der Waals surface area (Å²) >= 11 is 11.6. The van der Waals surface area contributed by atoms with Gasteiger partial charge >= 0.3 is 0 Å². The van der Waals surface area contributed by atoms with Crippen LogP contribution in [-0.4, -0.2) is 16.1 Å². The minimum Gasteiger partial charge on any atom is -0.508 e. The maximum atomic E-state index is 12.0. The van der Waals surface area contributed by atoms with Crippen molar-refractivity contribution in [1.29, 1.82) is 0 Å². The SMILES string of the molecule is Cc1ccc(C(=O)Nc2cc(Cl)cc(Cl)c2O)cc1O. The van der Waals surface area contributed by atoms with Crippen LogP contribution in [0.15, 0.2) is 30.3 Å². The molecule has 0 aliphatic rings. The second-order valence-electron chi connectivity index (χ2n) is 4.24. The average Bonchev–Trinajstić information content (AvgIpc) is 2.38. The first-order chi connectivity index (χ1) is 9.38. The molecule has 0 fully saturated rings. The Kier molecular flexibility index (Phi) is 4.06. The molecule has 2 aromatic carbocycles. The van der Waals surface area contributed by atoms with Gasteiger partial charge in [-0.2, -0.15) is 0 Å². The van der Waals surface area contributed by atoms with Crippen LogP contribution >= 0.6 is 23.2 Å². The van der Waals surface area contributed by atoms with Crippen molar-refractivity contribution in [3.8, 4) is 11.5 Å². The van der Waals surface area contributed by atoms with Gasteiger partial charge in [0.25, 0.3) is 5.91 Å². The largest absolute Gasteiger partial charge is 0.508 e. The van der Waals surface area contributed by atoms with E-state index in [9.17, 15) is 15.0 Å². The molecule has 0 saturated carbocycles. The number of hydrogen-bond acceptors (Lipinski definition) is 3. The molecule has 104 valence electrons. The van der Waals surface area contributed by atoms with Crippen LogP contribution in [0.3, 0.4) is 0 Å². The molecule has 0 spiro atoms. The van der Waals surface area contributed by atoms with Gasteiger partial charge in [-0.25, -0.2) is 0 Å².